The first-order chi connectivity index (χ1) is 9.74. The average Bonchev–Trinajstić information content (AvgIpc) is 2.53. The molecule has 20 heavy (non-hydrogen) atoms. The number of nitrogens with zero attached hydrogens (tertiary/aromatic N) is 1. The maximum Gasteiger partial charge on any atom is 0.245 e. The van der Waals surface area contributed by atoms with Gasteiger partial charge in [0.1, 0.15) is 11.8 Å². The molecule has 4 nitrogen and oxygen atoms in total. The fourth-order valence-corrected chi connectivity index (χ4v) is 2.31. The summed E-state index contributed by atoms with van der Waals surface area (Å²) in [6.07, 6.45) is 5.89. The number of anilines is 1. The van der Waals surface area contributed by atoms with Crippen molar-refractivity contribution in [3.63, 3.8) is 0 Å². The number of benzene rings is 1. The minimum absolute atomic E-state index is 0.166. The van der Waals surface area contributed by atoms with Gasteiger partial charge in [-0.25, -0.2) is 0 Å². The van der Waals surface area contributed by atoms with Crippen LogP contribution in [-0.2, 0) is 4.79 Å². The first-order valence-electron chi connectivity index (χ1n) is 7.09. The zero-order valence-corrected chi connectivity index (χ0v) is 12.1. The van der Waals surface area contributed by atoms with Gasteiger partial charge in [0.2, 0.25) is 5.91 Å². The van der Waals surface area contributed by atoms with Crippen LogP contribution < -0.4 is 10.1 Å². The van der Waals surface area contributed by atoms with Crippen molar-refractivity contribution in [2.75, 3.05) is 25.5 Å². The number of rotatable bonds is 5. The highest BCUT2D eigenvalue weighted by Crippen LogP contribution is 2.19. The number of ether oxygens (including phenoxy) is 1. The van der Waals surface area contributed by atoms with Crippen molar-refractivity contribution in [3.8, 4) is 5.75 Å². The number of hydrogen-bond acceptors (Lipinski definition) is 3. The van der Waals surface area contributed by atoms with E-state index in [1.807, 2.05) is 36.1 Å². The second kappa shape index (κ2) is 6.98. The van der Waals surface area contributed by atoms with Crippen LogP contribution in [0.4, 0.5) is 5.69 Å². The van der Waals surface area contributed by atoms with Crippen LogP contribution in [0.5, 0.6) is 5.75 Å². The predicted octanol–water partition coefficient (Wildman–Crippen LogP) is 2.67. The van der Waals surface area contributed by atoms with Gasteiger partial charge in [-0.1, -0.05) is 25.1 Å². The molecule has 0 saturated carbocycles. The Morgan fingerprint density at radius 3 is 2.95 bits per heavy atom. The SMILES string of the molecule is CC[C@H](Nc1cccc(OC)c1)C(=O)N1CC=CCC1. The van der Waals surface area contributed by atoms with Gasteiger partial charge in [0.25, 0.3) is 0 Å². The van der Waals surface area contributed by atoms with E-state index in [1.54, 1.807) is 7.11 Å². The topological polar surface area (TPSA) is 41.6 Å². The van der Waals surface area contributed by atoms with Crippen molar-refractivity contribution >= 4 is 11.6 Å². The van der Waals surface area contributed by atoms with Crippen molar-refractivity contribution in [1.82, 2.24) is 4.90 Å². The summed E-state index contributed by atoms with van der Waals surface area (Å²) in [4.78, 5) is 14.4. The number of hydrogen-bond donors (Lipinski definition) is 1. The largest absolute Gasteiger partial charge is 0.497 e. The van der Waals surface area contributed by atoms with Crippen LogP contribution in [0.15, 0.2) is 36.4 Å². The van der Waals surface area contributed by atoms with E-state index in [-0.39, 0.29) is 11.9 Å². The Bertz CT molecular complexity index is 485. The summed E-state index contributed by atoms with van der Waals surface area (Å²) in [6.45, 7) is 3.55. The molecule has 0 bridgehead atoms. The highest BCUT2D eigenvalue weighted by molar-refractivity contribution is 5.85. The zero-order valence-electron chi connectivity index (χ0n) is 12.1. The second-order valence-electron chi connectivity index (χ2n) is 4.88. The highest BCUT2D eigenvalue weighted by Gasteiger charge is 2.22. The minimum atomic E-state index is -0.186. The molecule has 0 saturated heterocycles. The molecule has 0 aromatic heterocycles. The Morgan fingerprint density at radius 1 is 1.45 bits per heavy atom. The van der Waals surface area contributed by atoms with Gasteiger partial charge in [0, 0.05) is 24.8 Å². The van der Waals surface area contributed by atoms with Crippen molar-refractivity contribution in [3.05, 3.63) is 36.4 Å². The van der Waals surface area contributed by atoms with Gasteiger partial charge < -0.3 is 15.0 Å². The molecule has 0 spiro atoms. The molecule has 4 heteroatoms. The molecule has 1 aromatic rings. The summed E-state index contributed by atoms with van der Waals surface area (Å²) in [7, 11) is 1.64. The van der Waals surface area contributed by atoms with Crippen molar-refractivity contribution in [2.24, 2.45) is 0 Å². The van der Waals surface area contributed by atoms with E-state index < -0.39 is 0 Å². The second-order valence-corrected chi connectivity index (χ2v) is 4.88. The van der Waals surface area contributed by atoms with E-state index in [1.165, 1.54) is 0 Å². The van der Waals surface area contributed by atoms with E-state index in [9.17, 15) is 4.79 Å². The van der Waals surface area contributed by atoms with Gasteiger partial charge in [0.05, 0.1) is 7.11 Å². The molecule has 0 aliphatic carbocycles. The smallest absolute Gasteiger partial charge is 0.245 e. The Labute approximate surface area is 120 Å². The lowest BCUT2D eigenvalue weighted by Crippen LogP contribution is -2.44. The van der Waals surface area contributed by atoms with E-state index in [4.69, 9.17) is 4.74 Å². The van der Waals surface area contributed by atoms with Gasteiger partial charge in [0.15, 0.2) is 0 Å². The number of amides is 1. The quantitative estimate of drug-likeness (QED) is 0.839. The standard InChI is InChI=1S/C16H22N2O2/c1-3-15(16(19)18-10-5-4-6-11-18)17-13-8-7-9-14(12-13)20-2/h4-5,7-9,12,15,17H,3,6,10-11H2,1-2H3/t15-/m0/s1. The summed E-state index contributed by atoms with van der Waals surface area (Å²) in [6, 6.07) is 7.49. The molecule has 0 radical (unpaired) electrons. The first kappa shape index (κ1) is 14.4. The molecule has 108 valence electrons. The maximum absolute atomic E-state index is 12.5. The highest BCUT2D eigenvalue weighted by atomic mass is 16.5. The normalized spacial score (nSPS) is 15.8. The summed E-state index contributed by atoms with van der Waals surface area (Å²) in [5, 5.41) is 3.31. The van der Waals surface area contributed by atoms with Crippen molar-refractivity contribution < 1.29 is 9.53 Å². The fraction of sp³-hybridized carbons (Fsp3) is 0.438. The van der Waals surface area contributed by atoms with Gasteiger partial charge in [-0.3, -0.25) is 4.79 Å². The van der Waals surface area contributed by atoms with Crippen LogP contribution in [0, 0.1) is 0 Å². The Balaban J connectivity index is 2.03. The molecule has 1 aliphatic rings. The molecule has 1 atom stereocenters. The summed E-state index contributed by atoms with van der Waals surface area (Å²) in [5.41, 5.74) is 0.914. The monoisotopic (exact) mass is 274 g/mol. The number of methoxy groups -OCH3 is 1. The molecule has 2 rings (SSSR count). The van der Waals surface area contributed by atoms with Gasteiger partial charge in [-0.2, -0.15) is 0 Å². The third-order valence-corrected chi connectivity index (χ3v) is 3.49. The summed E-state index contributed by atoms with van der Waals surface area (Å²) >= 11 is 0. The Morgan fingerprint density at radius 2 is 2.30 bits per heavy atom. The van der Waals surface area contributed by atoms with Crippen molar-refractivity contribution in [1.29, 1.82) is 0 Å². The number of carbonyl (C=O) groups is 1. The molecule has 1 aromatic carbocycles. The van der Waals surface area contributed by atoms with Crippen LogP contribution in [0.25, 0.3) is 0 Å². The first-order valence-corrected chi connectivity index (χ1v) is 7.09. The molecular weight excluding hydrogens is 252 g/mol. The average molecular weight is 274 g/mol. The fourth-order valence-electron chi connectivity index (χ4n) is 2.31. The lowest BCUT2D eigenvalue weighted by atomic mass is 10.1. The molecule has 0 fully saturated rings. The van der Waals surface area contributed by atoms with Gasteiger partial charge in [-0.15, -0.1) is 0 Å². The molecule has 1 N–H and O–H groups in total. The lowest BCUT2D eigenvalue weighted by molar-refractivity contribution is -0.131. The van der Waals surface area contributed by atoms with E-state index in [0.717, 1.165) is 37.4 Å². The van der Waals surface area contributed by atoms with Crippen LogP contribution in [0.2, 0.25) is 0 Å². The zero-order chi connectivity index (χ0) is 14.4. The third-order valence-electron chi connectivity index (χ3n) is 3.49. The van der Waals surface area contributed by atoms with Crippen LogP contribution in [-0.4, -0.2) is 37.0 Å². The summed E-state index contributed by atoms with van der Waals surface area (Å²) in [5.74, 6) is 0.956. The van der Waals surface area contributed by atoms with Crippen LogP contribution in [0.1, 0.15) is 19.8 Å². The summed E-state index contributed by atoms with van der Waals surface area (Å²) < 4.78 is 5.20. The third kappa shape index (κ3) is 3.53. The number of carbonyl (C=O) groups excluding carboxylic acids is 1. The number of nitrogens with one attached hydrogen (secondary N) is 1. The minimum Gasteiger partial charge on any atom is -0.497 e. The van der Waals surface area contributed by atoms with E-state index >= 15 is 0 Å². The molecule has 0 unspecified atom stereocenters. The molecule has 1 heterocycles. The van der Waals surface area contributed by atoms with Crippen LogP contribution >= 0.6 is 0 Å². The molecule has 1 aliphatic heterocycles. The predicted molar refractivity (Wildman–Crippen MR) is 81.0 cm³/mol. The van der Waals surface area contributed by atoms with Crippen molar-refractivity contribution in [2.45, 2.75) is 25.8 Å². The van der Waals surface area contributed by atoms with Gasteiger partial charge >= 0.3 is 0 Å². The van der Waals surface area contributed by atoms with E-state index in [0.29, 0.717) is 0 Å². The van der Waals surface area contributed by atoms with E-state index in [2.05, 4.69) is 17.5 Å². The Kier molecular flexibility index (Phi) is 5.04. The molecule has 1 amide bonds. The van der Waals surface area contributed by atoms with Crippen LogP contribution in [0.3, 0.4) is 0 Å². The Hall–Kier alpha value is -1.97. The maximum atomic E-state index is 12.5. The molecular formula is C16H22N2O2. The lowest BCUT2D eigenvalue weighted by Gasteiger charge is -2.28. The van der Waals surface area contributed by atoms with Gasteiger partial charge in [-0.05, 0) is 25.0 Å².